The summed E-state index contributed by atoms with van der Waals surface area (Å²) in [5.74, 6) is -0.810. The minimum atomic E-state index is -0.363. The standard InChI is InChI=1S/C11H12NO2/c1-8(2)10(13)12-11(14)9-6-4-3-5-7-9/h4-8H,1-2H3,(H,12,13,14). The van der Waals surface area contributed by atoms with E-state index in [1.54, 1.807) is 38.1 Å². The molecule has 1 N–H and O–H groups in total. The van der Waals surface area contributed by atoms with E-state index < -0.39 is 0 Å². The molecule has 0 saturated heterocycles. The number of hydrogen-bond donors (Lipinski definition) is 1. The number of benzene rings is 1. The Labute approximate surface area is 83.1 Å². The van der Waals surface area contributed by atoms with Gasteiger partial charge in [-0.2, -0.15) is 0 Å². The summed E-state index contributed by atoms with van der Waals surface area (Å²) in [6.07, 6.45) is 0. The molecule has 0 saturated carbocycles. The summed E-state index contributed by atoms with van der Waals surface area (Å²) < 4.78 is 0. The van der Waals surface area contributed by atoms with Crippen molar-refractivity contribution in [2.75, 3.05) is 0 Å². The zero-order valence-electron chi connectivity index (χ0n) is 8.20. The van der Waals surface area contributed by atoms with Gasteiger partial charge >= 0.3 is 0 Å². The van der Waals surface area contributed by atoms with Crippen LogP contribution in [0.25, 0.3) is 0 Å². The molecule has 1 rings (SSSR count). The number of hydrogen-bond acceptors (Lipinski definition) is 2. The zero-order chi connectivity index (χ0) is 10.6. The van der Waals surface area contributed by atoms with E-state index in [0.717, 1.165) is 0 Å². The smallest absolute Gasteiger partial charge is 0.257 e. The molecule has 3 heteroatoms. The molecule has 0 aliphatic carbocycles. The molecule has 0 aliphatic heterocycles. The first-order chi connectivity index (χ1) is 6.61. The topological polar surface area (TPSA) is 46.2 Å². The lowest BCUT2D eigenvalue weighted by Crippen LogP contribution is -2.33. The van der Waals surface area contributed by atoms with Gasteiger partial charge in [0.25, 0.3) is 5.91 Å². The first kappa shape index (κ1) is 10.4. The van der Waals surface area contributed by atoms with E-state index in [1.165, 1.54) is 0 Å². The van der Waals surface area contributed by atoms with Crippen LogP contribution in [0.3, 0.4) is 0 Å². The van der Waals surface area contributed by atoms with E-state index >= 15 is 0 Å². The van der Waals surface area contributed by atoms with E-state index in [4.69, 9.17) is 0 Å². The maximum atomic E-state index is 11.4. The van der Waals surface area contributed by atoms with E-state index in [0.29, 0.717) is 5.56 Å². The van der Waals surface area contributed by atoms with Crippen LogP contribution in [-0.4, -0.2) is 11.8 Å². The van der Waals surface area contributed by atoms with Gasteiger partial charge in [-0.05, 0) is 18.2 Å². The number of rotatable bonds is 2. The molecular weight excluding hydrogens is 178 g/mol. The Morgan fingerprint density at radius 1 is 1.29 bits per heavy atom. The lowest BCUT2D eigenvalue weighted by Gasteiger charge is -2.05. The normalized spacial score (nSPS) is 9.93. The van der Waals surface area contributed by atoms with Gasteiger partial charge in [0.1, 0.15) is 0 Å². The molecule has 1 aromatic rings. The van der Waals surface area contributed by atoms with Gasteiger partial charge in [0.05, 0.1) is 0 Å². The largest absolute Gasteiger partial charge is 0.292 e. The summed E-state index contributed by atoms with van der Waals surface area (Å²) in [4.78, 5) is 22.6. The Morgan fingerprint density at radius 3 is 2.36 bits per heavy atom. The molecule has 14 heavy (non-hydrogen) atoms. The maximum absolute atomic E-state index is 11.4. The van der Waals surface area contributed by atoms with Crippen molar-refractivity contribution in [3.05, 3.63) is 35.9 Å². The van der Waals surface area contributed by atoms with Gasteiger partial charge < -0.3 is 0 Å². The van der Waals surface area contributed by atoms with Crippen molar-refractivity contribution in [1.29, 1.82) is 0 Å². The van der Waals surface area contributed by atoms with Crippen molar-refractivity contribution in [3.63, 3.8) is 0 Å². The van der Waals surface area contributed by atoms with Gasteiger partial charge in [0.2, 0.25) is 5.91 Å². The SMILES string of the molecule is CC(C)C(=O)NC(=O)c1cc[c]cc1. The fraction of sp³-hybridized carbons (Fsp3) is 0.273. The van der Waals surface area contributed by atoms with Crippen LogP contribution in [-0.2, 0) is 4.79 Å². The van der Waals surface area contributed by atoms with Crippen molar-refractivity contribution in [1.82, 2.24) is 5.32 Å². The first-order valence-electron chi connectivity index (χ1n) is 4.42. The molecule has 0 spiro atoms. The summed E-state index contributed by atoms with van der Waals surface area (Å²) >= 11 is 0. The lowest BCUT2D eigenvalue weighted by molar-refractivity contribution is -0.122. The van der Waals surface area contributed by atoms with Crippen LogP contribution in [0.2, 0.25) is 0 Å². The molecule has 0 heterocycles. The van der Waals surface area contributed by atoms with Crippen molar-refractivity contribution < 1.29 is 9.59 Å². The quantitative estimate of drug-likeness (QED) is 0.766. The fourth-order valence-corrected chi connectivity index (χ4v) is 0.867. The van der Waals surface area contributed by atoms with Crippen LogP contribution in [0.4, 0.5) is 0 Å². The third-order valence-electron chi connectivity index (χ3n) is 1.74. The Morgan fingerprint density at radius 2 is 1.86 bits per heavy atom. The molecule has 0 unspecified atom stereocenters. The van der Waals surface area contributed by atoms with Gasteiger partial charge in [0.15, 0.2) is 0 Å². The Kier molecular flexibility index (Phi) is 3.40. The lowest BCUT2D eigenvalue weighted by atomic mass is 10.2. The second-order valence-corrected chi connectivity index (χ2v) is 3.26. The first-order valence-corrected chi connectivity index (χ1v) is 4.42. The molecule has 3 nitrogen and oxygen atoms in total. The number of carbonyl (C=O) groups is 2. The third kappa shape index (κ3) is 2.69. The Hall–Kier alpha value is -1.64. The van der Waals surface area contributed by atoms with E-state index in [9.17, 15) is 9.59 Å². The van der Waals surface area contributed by atoms with Crippen molar-refractivity contribution in [3.8, 4) is 0 Å². The average Bonchev–Trinajstić information content (AvgIpc) is 2.19. The second-order valence-electron chi connectivity index (χ2n) is 3.26. The minimum absolute atomic E-state index is 0.186. The van der Waals surface area contributed by atoms with Gasteiger partial charge in [0, 0.05) is 11.5 Å². The minimum Gasteiger partial charge on any atom is -0.292 e. The fourth-order valence-electron chi connectivity index (χ4n) is 0.867. The van der Waals surface area contributed by atoms with Gasteiger partial charge in [-0.3, -0.25) is 14.9 Å². The summed E-state index contributed by atoms with van der Waals surface area (Å²) in [7, 11) is 0. The van der Waals surface area contributed by atoms with Crippen LogP contribution < -0.4 is 5.32 Å². The predicted molar refractivity (Wildman–Crippen MR) is 52.6 cm³/mol. The van der Waals surface area contributed by atoms with Gasteiger partial charge in [-0.25, -0.2) is 0 Å². The highest BCUT2D eigenvalue weighted by atomic mass is 16.2. The predicted octanol–water partition coefficient (Wildman–Crippen LogP) is 1.40. The highest BCUT2D eigenvalue weighted by Crippen LogP contribution is 1.98. The van der Waals surface area contributed by atoms with E-state index in [2.05, 4.69) is 11.4 Å². The highest BCUT2D eigenvalue weighted by Gasteiger charge is 2.12. The molecule has 0 aromatic heterocycles. The average molecular weight is 190 g/mol. The molecule has 1 aromatic carbocycles. The van der Waals surface area contributed by atoms with Crippen LogP contribution in [0, 0.1) is 12.0 Å². The molecule has 2 amide bonds. The van der Waals surface area contributed by atoms with Crippen LogP contribution in [0.15, 0.2) is 24.3 Å². The summed E-state index contributed by atoms with van der Waals surface area (Å²) in [6, 6.07) is 9.29. The maximum Gasteiger partial charge on any atom is 0.257 e. The number of nitrogens with one attached hydrogen (secondary N) is 1. The summed E-state index contributed by atoms with van der Waals surface area (Å²) in [5, 5.41) is 2.30. The van der Waals surface area contributed by atoms with Crippen molar-refractivity contribution in [2.24, 2.45) is 5.92 Å². The summed E-state index contributed by atoms with van der Waals surface area (Å²) in [6.45, 7) is 3.47. The highest BCUT2D eigenvalue weighted by molar-refractivity contribution is 6.05. The number of carbonyl (C=O) groups excluding carboxylic acids is 2. The Bertz CT molecular complexity index is 330. The molecular formula is C11H12NO2. The molecule has 0 fully saturated rings. The van der Waals surface area contributed by atoms with Crippen molar-refractivity contribution >= 4 is 11.8 Å². The van der Waals surface area contributed by atoms with E-state index in [-0.39, 0.29) is 17.7 Å². The van der Waals surface area contributed by atoms with E-state index in [1.807, 2.05) is 0 Å². The third-order valence-corrected chi connectivity index (χ3v) is 1.74. The van der Waals surface area contributed by atoms with Crippen LogP contribution in [0.5, 0.6) is 0 Å². The monoisotopic (exact) mass is 190 g/mol. The van der Waals surface area contributed by atoms with Crippen LogP contribution >= 0.6 is 0 Å². The molecule has 1 radical (unpaired) electrons. The molecule has 0 aliphatic rings. The molecule has 0 bridgehead atoms. The molecule has 73 valence electrons. The van der Waals surface area contributed by atoms with Gasteiger partial charge in [-0.15, -0.1) is 0 Å². The number of amides is 2. The van der Waals surface area contributed by atoms with Crippen LogP contribution in [0.1, 0.15) is 24.2 Å². The second kappa shape index (κ2) is 4.56. The molecule has 0 atom stereocenters. The summed E-state index contributed by atoms with van der Waals surface area (Å²) in [5.41, 5.74) is 0.470. The Balaban J connectivity index is 2.65. The number of imide groups is 1. The van der Waals surface area contributed by atoms with Gasteiger partial charge in [-0.1, -0.05) is 26.0 Å². The zero-order valence-corrected chi connectivity index (χ0v) is 8.20. The van der Waals surface area contributed by atoms with Crippen molar-refractivity contribution in [2.45, 2.75) is 13.8 Å².